The average molecular weight is 413 g/mol. The van der Waals surface area contributed by atoms with E-state index < -0.39 is 5.54 Å². The third-order valence-electron chi connectivity index (χ3n) is 3.89. The second kappa shape index (κ2) is 7.31. The van der Waals surface area contributed by atoms with Gasteiger partial charge in [0.2, 0.25) is 0 Å². The fourth-order valence-corrected chi connectivity index (χ4v) is 2.78. The highest BCUT2D eigenvalue weighted by Gasteiger charge is 2.31. The van der Waals surface area contributed by atoms with Crippen LogP contribution in [-0.4, -0.2) is 25.5 Å². The van der Waals surface area contributed by atoms with Crippen molar-refractivity contribution in [3.05, 3.63) is 63.5 Å². The largest absolute Gasteiger partial charge is 0.307 e. The van der Waals surface area contributed by atoms with Gasteiger partial charge < -0.3 is 5.32 Å². The summed E-state index contributed by atoms with van der Waals surface area (Å²) in [5, 5.41) is 12.7. The van der Waals surface area contributed by atoms with E-state index in [-0.39, 0.29) is 5.91 Å². The second-order valence-electron chi connectivity index (χ2n) is 6.26. The van der Waals surface area contributed by atoms with Crippen LogP contribution < -0.4 is 5.32 Å². The Hall–Kier alpha value is -2.02. The molecule has 0 bridgehead atoms. The number of nitrogens with zero attached hydrogens (tertiary/aromatic N) is 4. The monoisotopic (exact) mass is 411 g/mol. The molecule has 9 heteroatoms. The first-order valence-corrected chi connectivity index (χ1v) is 8.88. The minimum absolute atomic E-state index is 0.253. The predicted molar refractivity (Wildman–Crippen MR) is 103 cm³/mol. The van der Waals surface area contributed by atoms with E-state index >= 15 is 0 Å². The standard InChI is InChI=1S/C17H16Cl3N5O/c1-17(2,25-10-12(18)8-21-25)16(26)22-15-5-6-24(23-15)9-11-3-4-13(19)14(20)7-11/h3-8,10H,9H2,1-2H3,(H,22,23,26). The van der Waals surface area contributed by atoms with E-state index in [0.29, 0.717) is 27.4 Å². The Balaban J connectivity index is 1.69. The molecule has 0 saturated carbocycles. The number of hydrogen-bond donors (Lipinski definition) is 1. The highest BCUT2D eigenvalue weighted by atomic mass is 35.5. The van der Waals surface area contributed by atoms with Crippen molar-refractivity contribution in [3.8, 4) is 0 Å². The molecule has 1 amide bonds. The molecule has 0 atom stereocenters. The smallest absolute Gasteiger partial charge is 0.252 e. The molecule has 0 aliphatic heterocycles. The van der Waals surface area contributed by atoms with Gasteiger partial charge in [0.05, 0.1) is 27.8 Å². The van der Waals surface area contributed by atoms with Gasteiger partial charge in [0, 0.05) is 18.5 Å². The van der Waals surface area contributed by atoms with Crippen LogP contribution in [0, 0.1) is 0 Å². The van der Waals surface area contributed by atoms with E-state index in [1.807, 2.05) is 6.07 Å². The average Bonchev–Trinajstić information content (AvgIpc) is 3.20. The number of anilines is 1. The molecule has 0 aliphatic rings. The van der Waals surface area contributed by atoms with Gasteiger partial charge in [-0.25, -0.2) is 0 Å². The fraction of sp³-hybridized carbons (Fsp3) is 0.235. The van der Waals surface area contributed by atoms with Crippen molar-refractivity contribution in [3.63, 3.8) is 0 Å². The number of nitrogens with one attached hydrogen (secondary N) is 1. The summed E-state index contributed by atoms with van der Waals surface area (Å²) < 4.78 is 3.21. The molecule has 0 aliphatic carbocycles. The molecule has 2 heterocycles. The van der Waals surface area contributed by atoms with E-state index in [0.717, 1.165) is 5.56 Å². The van der Waals surface area contributed by atoms with Crippen molar-refractivity contribution in [2.24, 2.45) is 0 Å². The van der Waals surface area contributed by atoms with Crippen LogP contribution in [-0.2, 0) is 16.9 Å². The van der Waals surface area contributed by atoms with E-state index in [9.17, 15) is 4.79 Å². The molecule has 26 heavy (non-hydrogen) atoms. The number of halogens is 3. The maximum absolute atomic E-state index is 12.6. The molecule has 1 N–H and O–H groups in total. The number of rotatable bonds is 5. The van der Waals surface area contributed by atoms with Gasteiger partial charge in [-0.2, -0.15) is 10.2 Å². The molecule has 0 radical (unpaired) electrons. The molecule has 0 fully saturated rings. The number of carbonyl (C=O) groups excluding carboxylic acids is 1. The predicted octanol–water partition coefficient (Wildman–Crippen LogP) is 4.46. The van der Waals surface area contributed by atoms with E-state index in [2.05, 4.69) is 15.5 Å². The third kappa shape index (κ3) is 4.03. The fourth-order valence-electron chi connectivity index (χ4n) is 2.32. The molecule has 0 spiro atoms. The molecule has 3 aromatic rings. The molecule has 0 saturated heterocycles. The number of aromatic nitrogens is 4. The van der Waals surface area contributed by atoms with E-state index in [4.69, 9.17) is 34.8 Å². The quantitative estimate of drug-likeness (QED) is 0.673. The van der Waals surface area contributed by atoms with Gasteiger partial charge in [-0.1, -0.05) is 40.9 Å². The van der Waals surface area contributed by atoms with Crippen molar-refractivity contribution < 1.29 is 4.79 Å². The molecule has 2 aromatic heterocycles. The van der Waals surface area contributed by atoms with Gasteiger partial charge in [-0.15, -0.1) is 0 Å². The zero-order valence-corrected chi connectivity index (χ0v) is 16.3. The summed E-state index contributed by atoms with van der Waals surface area (Å²) in [6, 6.07) is 7.12. The number of carbonyl (C=O) groups is 1. The van der Waals surface area contributed by atoms with Crippen LogP contribution in [0.25, 0.3) is 0 Å². The zero-order valence-electron chi connectivity index (χ0n) is 14.1. The van der Waals surface area contributed by atoms with Crippen LogP contribution in [0.2, 0.25) is 15.1 Å². The van der Waals surface area contributed by atoms with Crippen molar-refractivity contribution in [2.45, 2.75) is 25.9 Å². The summed E-state index contributed by atoms with van der Waals surface area (Å²) in [7, 11) is 0. The number of amides is 1. The first-order chi connectivity index (χ1) is 12.3. The molecular formula is C17H16Cl3N5O. The van der Waals surface area contributed by atoms with E-state index in [1.165, 1.54) is 10.9 Å². The second-order valence-corrected chi connectivity index (χ2v) is 7.51. The van der Waals surface area contributed by atoms with Gasteiger partial charge in [0.25, 0.3) is 5.91 Å². The molecule has 0 unspecified atom stereocenters. The van der Waals surface area contributed by atoms with Crippen molar-refractivity contribution >= 4 is 46.5 Å². The lowest BCUT2D eigenvalue weighted by atomic mass is 10.1. The van der Waals surface area contributed by atoms with Crippen LogP contribution >= 0.6 is 34.8 Å². The van der Waals surface area contributed by atoms with Crippen molar-refractivity contribution in [1.29, 1.82) is 0 Å². The summed E-state index contributed by atoms with van der Waals surface area (Å²) in [4.78, 5) is 12.6. The van der Waals surface area contributed by atoms with Crippen LogP contribution in [0.15, 0.2) is 42.9 Å². The minimum Gasteiger partial charge on any atom is -0.307 e. The van der Waals surface area contributed by atoms with Crippen molar-refractivity contribution in [2.75, 3.05) is 5.32 Å². The molecule has 6 nitrogen and oxygen atoms in total. The zero-order chi connectivity index (χ0) is 18.9. The normalized spacial score (nSPS) is 11.6. The minimum atomic E-state index is -0.916. The highest BCUT2D eigenvalue weighted by Crippen LogP contribution is 2.23. The van der Waals surface area contributed by atoms with Gasteiger partial charge >= 0.3 is 0 Å². The summed E-state index contributed by atoms with van der Waals surface area (Å²) in [6.45, 7) is 4.00. The van der Waals surface area contributed by atoms with Gasteiger partial charge in [-0.3, -0.25) is 14.2 Å². The molecule has 3 rings (SSSR count). The van der Waals surface area contributed by atoms with E-state index in [1.54, 1.807) is 49.1 Å². The topological polar surface area (TPSA) is 64.7 Å². The Kier molecular flexibility index (Phi) is 5.27. The Morgan fingerprint density at radius 3 is 2.62 bits per heavy atom. The Labute approximate surface area is 165 Å². The first-order valence-electron chi connectivity index (χ1n) is 7.75. The number of benzene rings is 1. The van der Waals surface area contributed by atoms with Crippen molar-refractivity contribution in [1.82, 2.24) is 19.6 Å². The van der Waals surface area contributed by atoms with Crippen LogP contribution in [0.1, 0.15) is 19.4 Å². The maximum Gasteiger partial charge on any atom is 0.252 e. The molecular weight excluding hydrogens is 397 g/mol. The third-order valence-corrected chi connectivity index (χ3v) is 4.82. The number of hydrogen-bond acceptors (Lipinski definition) is 3. The lowest BCUT2D eigenvalue weighted by Crippen LogP contribution is -2.40. The maximum atomic E-state index is 12.6. The summed E-state index contributed by atoms with van der Waals surface area (Å²) in [5.74, 6) is 0.193. The molecule has 1 aromatic carbocycles. The SMILES string of the molecule is CC(C)(C(=O)Nc1ccn(Cc2ccc(Cl)c(Cl)c2)n1)n1cc(Cl)cn1. The van der Waals surface area contributed by atoms with Gasteiger partial charge in [0.15, 0.2) is 5.82 Å². The summed E-state index contributed by atoms with van der Waals surface area (Å²) >= 11 is 17.8. The van der Waals surface area contributed by atoms with Gasteiger partial charge in [-0.05, 0) is 31.5 Å². The molecule has 136 valence electrons. The van der Waals surface area contributed by atoms with Crippen LogP contribution in [0.3, 0.4) is 0 Å². The lowest BCUT2D eigenvalue weighted by Gasteiger charge is -2.23. The van der Waals surface area contributed by atoms with Crippen LogP contribution in [0.4, 0.5) is 5.82 Å². The Morgan fingerprint density at radius 1 is 1.19 bits per heavy atom. The Morgan fingerprint density at radius 2 is 1.96 bits per heavy atom. The highest BCUT2D eigenvalue weighted by molar-refractivity contribution is 6.42. The Bertz CT molecular complexity index is 948. The lowest BCUT2D eigenvalue weighted by molar-refractivity contribution is -0.123. The first kappa shape index (κ1) is 18.8. The summed E-state index contributed by atoms with van der Waals surface area (Å²) in [6.07, 6.45) is 4.86. The summed E-state index contributed by atoms with van der Waals surface area (Å²) in [5.41, 5.74) is 0.0348. The van der Waals surface area contributed by atoms with Gasteiger partial charge in [0.1, 0.15) is 5.54 Å². The van der Waals surface area contributed by atoms with Crippen LogP contribution in [0.5, 0.6) is 0 Å².